The molecule has 0 aliphatic heterocycles. The summed E-state index contributed by atoms with van der Waals surface area (Å²) in [5.41, 5.74) is 0. The van der Waals surface area contributed by atoms with Crippen molar-refractivity contribution in [2.24, 2.45) is 11.8 Å². The number of unbranched alkanes of at least 4 members (excludes halogenated alkanes) is 41. The van der Waals surface area contributed by atoms with Gasteiger partial charge in [0.1, 0.15) is 19.3 Å². The lowest BCUT2D eigenvalue weighted by molar-refractivity contribution is -0.161. The molecule has 546 valence electrons. The van der Waals surface area contributed by atoms with Crippen LogP contribution in [0, 0.1) is 11.8 Å². The van der Waals surface area contributed by atoms with E-state index in [1.165, 1.54) is 186 Å². The summed E-state index contributed by atoms with van der Waals surface area (Å²) in [6.45, 7) is 9.44. The number of aliphatic hydroxyl groups is 1. The van der Waals surface area contributed by atoms with Gasteiger partial charge in [-0.25, -0.2) is 9.13 Å². The molecule has 0 aromatic rings. The Morgan fingerprint density at radius 1 is 0.315 bits per heavy atom. The van der Waals surface area contributed by atoms with Crippen LogP contribution < -0.4 is 0 Å². The lowest BCUT2D eigenvalue weighted by Crippen LogP contribution is -2.30. The third-order valence-corrected chi connectivity index (χ3v) is 19.2. The number of rotatable bonds is 72. The zero-order chi connectivity index (χ0) is 67.9. The Labute approximate surface area is 562 Å². The normalized spacial score (nSPS) is 14.4. The van der Waals surface area contributed by atoms with Crippen LogP contribution in [0.5, 0.6) is 0 Å². The van der Waals surface area contributed by atoms with Crippen LogP contribution in [-0.4, -0.2) is 96.7 Å². The average molecular weight is 1350 g/mol. The third-order valence-electron chi connectivity index (χ3n) is 17.3. The smallest absolute Gasteiger partial charge is 0.462 e. The summed E-state index contributed by atoms with van der Waals surface area (Å²) < 4.78 is 68.1. The Bertz CT molecular complexity index is 1790. The number of esters is 4. The predicted octanol–water partition coefficient (Wildman–Crippen LogP) is 21.2. The Balaban J connectivity index is 5.12. The van der Waals surface area contributed by atoms with E-state index in [2.05, 4.69) is 41.5 Å². The van der Waals surface area contributed by atoms with Crippen LogP contribution >= 0.6 is 15.6 Å². The summed E-state index contributed by atoms with van der Waals surface area (Å²) in [4.78, 5) is 72.3. The zero-order valence-corrected chi connectivity index (χ0v) is 61.6. The van der Waals surface area contributed by atoms with E-state index in [0.717, 1.165) is 108 Å². The van der Waals surface area contributed by atoms with Gasteiger partial charge in [0.05, 0.1) is 26.4 Å². The molecular weight excluding hydrogens is 1210 g/mol. The monoisotopic (exact) mass is 1350 g/mol. The summed E-state index contributed by atoms with van der Waals surface area (Å²) in [5, 5.41) is 10.6. The van der Waals surface area contributed by atoms with Crippen molar-refractivity contribution in [2.75, 3.05) is 39.6 Å². The van der Waals surface area contributed by atoms with Gasteiger partial charge < -0.3 is 33.8 Å². The number of hydrogen-bond acceptors (Lipinski definition) is 15. The topological polar surface area (TPSA) is 237 Å². The molecular formula is C73H142O17P2. The molecule has 0 aromatic carbocycles. The van der Waals surface area contributed by atoms with E-state index in [1.54, 1.807) is 0 Å². The highest BCUT2D eigenvalue weighted by Crippen LogP contribution is 2.45. The number of aliphatic hydroxyl groups excluding tert-OH is 1. The first-order chi connectivity index (χ1) is 44.4. The van der Waals surface area contributed by atoms with Crippen molar-refractivity contribution >= 4 is 39.5 Å². The maximum atomic E-state index is 13.1. The van der Waals surface area contributed by atoms with Crippen LogP contribution in [0.25, 0.3) is 0 Å². The second-order valence-corrected chi connectivity index (χ2v) is 30.0. The summed E-state index contributed by atoms with van der Waals surface area (Å²) in [6, 6.07) is 0. The fourth-order valence-corrected chi connectivity index (χ4v) is 12.7. The van der Waals surface area contributed by atoms with Gasteiger partial charge in [0.2, 0.25) is 0 Å². The summed E-state index contributed by atoms with van der Waals surface area (Å²) in [5.74, 6) is -0.624. The minimum atomic E-state index is -4.95. The molecule has 0 heterocycles. The molecule has 3 unspecified atom stereocenters. The molecule has 0 saturated heterocycles. The van der Waals surface area contributed by atoms with E-state index in [0.29, 0.717) is 25.7 Å². The van der Waals surface area contributed by atoms with Gasteiger partial charge in [0.15, 0.2) is 12.2 Å². The number of carbonyl (C=O) groups is 4. The van der Waals surface area contributed by atoms with Crippen molar-refractivity contribution in [3.63, 3.8) is 0 Å². The molecule has 0 amide bonds. The molecule has 19 heteroatoms. The van der Waals surface area contributed by atoms with Crippen LogP contribution in [-0.2, 0) is 65.4 Å². The van der Waals surface area contributed by atoms with Crippen molar-refractivity contribution in [1.29, 1.82) is 0 Å². The first-order valence-electron chi connectivity index (χ1n) is 38.0. The first-order valence-corrected chi connectivity index (χ1v) is 41.0. The molecule has 6 atom stereocenters. The molecule has 3 N–H and O–H groups in total. The van der Waals surface area contributed by atoms with Gasteiger partial charge in [-0.05, 0) is 37.5 Å². The SMILES string of the molecule is CCCCCCCCCCCCCCCCCCCCCCCC(=O)O[C@H](COC(=O)CCCCCCCCCCCCCCCC(C)C)COP(=O)(O)OC[C@@H](O)COP(=O)(O)OC[C@@H](COC(=O)CCCCCCC)OC(=O)CCCCCCCCC(C)CC. The Hall–Kier alpha value is -1.94. The Kier molecular flexibility index (Phi) is 63.7. The molecule has 0 bridgehead atoms. The summed E-state index contributed by atoms with van der Waals surface area (Å²) >= 11 is 0. The highest BCUT2D eigenvalue weighted by molar-refractivity contribution is 7.47. The molecule has 0 spiro atoms. The zero-order valence-electron chi connectivity index (χ0n) is 59.9. The van der Waals surface area contributed by atoms with E-state index >= 15 is 0 Å². The summed E-state index contributed by atoms with van der Waals surface area (Å²) in [6.07, 6.45) is 52.0. The van der Waals surface area contributed by atoms with Crippen LogP contribution in [0.15, 0.2) is 0 Å². The van der Waals surface area contributed by atoms with Crippen molar-refractivity contribution < 1.29 is 80.2 Å². The number of phosphoric ester groups is 2. The van der Waals surface area contributed by atoms with Gasteiger partial charge in [-0.1, -0.05) is 324 Å². The quantitative estimate of drug-likeness (QED) is 0.0222. The van der Waals surface area contributed by atoms with Crippen molar-refractivity contribution in [3.05, 3.63) is 0 Å². The molecule has 92 heavy (non-hydrogen) atoms. The predicted molar refractivity (Wildman–Crippen MR) is 372 cm³/mol. The first kappa shape index (κ1) is 90.1. The van der Waals surface area contributed by atoms with Gasteiger partial charge in [-0.2, -0.15) is 0 Å². The van der Waals surface area contributed by atoms with E-state index in [-0.39, 0.29) is 25.7 Å². The second-order valence-electron chi connectivity index (χ2n) is 27.1. The van der Waals surface area contributed by atoms with Crippen molar-refractivity contribution in [2.45, 2.75) is 394 Å². The number of ether oxygens (including phenoxy) is 4. The van der Waals surface area contributed by atoms with Crippen LogP contribution in [0.2, 0.25) is 0 Å². The lowest BCUT2D eigenvalue weighted by atomic mass is 10.00. The van der Waals surface area contributed by atoms with Crippen LogP contribution in [0.3, 0.4) is 0 Å². The van der Waals surface area contributed by atoms with Crippen molar-refractivity contribution in [1.82, 2.24) is 0 Å². The number of phosphoric acid groups is 2. The minimum absolute atomic E-state index is 0.102. The fourth-order valence-electron chi connectivity index (χ4n) is 11.1. The maximum absolute atomic E-state index is 13.1. The number of hydrogen-bond donors (Lipinski definition) is 3. The summed E-state index contributed by atoms with van der Waals surface area (Å²) in [7, 11) is -9.89. The molecule has 0 aliphatic rings. The molecule has 0 aliphatic carbocycles. The van der Waals surface area contributed by atoms with Gasteiger partial charge >= 0.3 is 39.5 Å². The van der Waals surface area contributed by atoms with E-state index in [1.807, 2.05) is 0 Å². The lowest BCUT2D eigenvalue weighted by Gasteiger charge is -2.21. The maximum Gasteiger partial charge on any atom is 0.472 e. The standard InChI is InChI=1S/C73H142O17P2/c1-7-10-12-14-15-16-17-18-19-20-21-22-23-24-25-28-32-35-38-45-51-57-72(77)89-69(62-84-71(76)56-50-44-37-34-31-29-26-27-30-33-36-42-47-53-65(4)5)64-88-92(81,82)86-60-67(74)59-85-91(79,80)87-63-68(61-83-70(75)55-49-41-13-11-8-2)90-73(78)58-52-46-40-39-43-48-54-66(6)9-3/h65-69,74H,7-64H2,1-6H3,(H,79,80)(H,81,82)/t66?,67-,68+,69+/m0/s1. The van der Waals surface area contributed by atoms with Gasteiger partial charge in [0.25, 0.3) is 0 Å². The van der Waals surface area contributed by atoms with Crippen LogP contribution in [0.1, 0.15) is 375 Å². The van der Waals surface area contributed by atoms with E-state index < -0.39 is 97.5 Å². The highest BCUT2D eigenvalue weighted by Gasteiger charge is 2.30. The Morgan fingerprint density at radius 3 is 0.826 bits per heavy atom. The fraction of sp³-hybridized carbons (Fsp3) is 0.945. The second kappa shape index (κ2) is 65.0. The molecule has 0 radical (unpaired) electrons. The minimum Gasteiger partial charge on any atom is -0.462 e. The molecule has 0 saturated carbocycles. The van der Waals surface area contributed by atoms with E-state index in [9.17, 15) is 43.2 Å². The average Bonchev–Trinajstić information content (AvgIpc) is 2.14. The largest absolute Gasteiger partial charge is 0.472 e. The van der Waals surface area contributed by atoms with Gasteiger partial charge in [-0.3, -0.25) is 37.3 Å². The molecule has 0 rings (SSSR count). The number of carbonyl (C=O) groups excluding carboxylic acids is 4. The highest BCUT2D eigenvalue weighted by atomic mass is 31.2. The van der Waals surface area contributed by atoms with Crippen molar-refractivity contribution in [3.8, 4) is 0 Å². The van der Waals surface area contributed by atoms with E-state index in [4.69, 9.17) is 37.0 Å². The third kappa shape index (κ3) is 65.4. The molecule has 17 nitrogen and oxygen atoms in total. The van der Waals surface area contributed by atoms with Gasteiger partial charge in [-0.15, -0.1) is 0 Å². The molecule has 0 fully saturated rings. The van der Waals surface area contributed by atoms with Crippen LogP contribution in [0.4, 0.5) is 0 Å². The van der Waals surface area contributed by atoms with Gasteiger partial charge in [0, 0.05) is 25.7 Å². The Morgan fingerprint density at radius 2 is 0.554 bits per heavy atom. The molecule has 0 aromatic heterocycles.